The van der Waals surface area contributed by atoms with Crippen molar-refractivity contribution in [3.05, 3.63) is 54.1 Å². The molecule has 9 heteroatoms. The van der Waals surface area contributed by atoms with Crippen molar-refractivity contribution in [2.45, 2.75) is 61.9 Å². The first-order valence-electron chi connectivity index (χ1n) is 13.4. The Morgan fingerprint density at radius 3 is 2.05 bits per heavy atom. The molecule has 4 rings (SSSR count). The molecule has 0 atom stereocenters. The van der Waals surface area contributed by atoms with Crippen LogP contribution in [-0.4, -0.2) is 73.1 Å². The van der Waals surface area contributed by atoms with E-state index in [1.165, 1.54) is 23.4 Å². The lowest BCUT2D eigenvalue weighted by Gasteiger charge is -2.37. The van der Waals surface area contributed by atoms with E-state index in [1.807, 2.05) is 4.90 Å². The van der Waals surface area contributed by atoms with Crippen molar-refractivity contribution < 1.29 is 18.0 Å². The molecule has 2 aliphatic rings. The predicted molar refractivity (Wildman–Crippen MR) is 150 cm³/mol. The van der Waals surface area contributed by atoms with Crippen molar-refractivity contribution in [3.63, 3.8) is 0 Å². The summed E-state index contributed by atoms with van der Waals surface area (Å²) in [6.45, 7) is 12.7. The smallest absolute Gasteiger partial charge is 0.382 e. The molecule has 1 amide bonds. The van der Waals surface area contributed by atoms with Gasteiger partial charge in [-0.1, -0.05) is 32.9 Å². The van der Waals surface area contributed by atoms with Gasteiger partial charge >= 0.3 is 5.51 Å². The lowest BCUT2D eigenvalue weighted by molar-refractivity contribution is -0.132. The van der Waals surface area contributed by atoms with E-state index in [0.717, 1.165) is 51.3 Å². The van der Waals surface area contributed by atoms with Crippen LogP contribution in [0.25, 0.3) is 0 Å². The maximum absolute atomic E-state index is 12.8. The molecular weight excluding hydrogens is 509 g/mol. The number of thioether (sulfide) groups is 1. The van der Waals surface area contributed by atoms with Crippen molar-refractivity contribution in [2.24, 2.45) is 0 Å². The summed E-state index contributed by atoms with van der Waals surface area (Å²) in [5.74, 6) is 0.206. The molecule has 0 aliphatic carbocycles. The summed E-state index contributed by atoms with van der Waals surface area (Å²) < 4.78 is 37.5. The van der Waals surface area contributed by atoms with Crippen LogP contribution in [0.4, 0.5) is 24.5 Å². The molecule has 0 bridgehead atoms. The van der Waals surface area contributed by atoms with Gasteiger partial charge in [0.15, 0.2) is 0 Å². The molecule has 0 spiro atoms. The maximum atomic E-state index is 12.8. The van der Waals surface area contributed by atoms with Gasteiger partial charge in [0.2, 0.25) is 5.91 Å². The summed E-state index contributed by atoms with van der Waals surface area (Å²) >= 11 is -0.104. The highest BCUT2D eigenvalue weighted by atomic mass is 32.2. The molecule has 1 N–H and O–H groups in total. The standard InChI is InChI=1S/C29H39F3N4OS/c1-28(2,3)22-4-8-25(9-5-22)35-20-18-34(19-21-35)15-14-27(37)36-16-12-24(13-17-36)33-23-6-10-26(11-7-23)38-29(30,31)32/h4-11,24,33H,12-21H2,1-3H3. The van der Waals surface area contributed by atoms with Crippen LogP contribution >= 0.6 is 11.8 Å². The van der Waals surface area contributed by atoms with Crippen LogP contribution in [0, 0.1) is 0 Å². The molecule has 208 valence electrons. The van der Waals surface area contributed by atoms with E-state index in [0.29, 0.717) is 19.5 Å². The summed E-state index contributed by atoms with van der Waals surface area (Å²) in [4.78, 5) is 19.8. The van der Waals surface area contributed by atoms with E-state index in [1.54, 1.807) is 12.1 Å². The highest BCUT2D eigenvalue weighted by Crippen LogP contribution is 2.37. The summed E-state index contributed by atoms with van der Waals surface area (Å²) in [6, 6.07) is 15.5. The van der Waals surface area contributed by atoms with Crippen molar-refractivity contribution >= 4 is 29.0 Å². The zero-order chi connectivity index (χ0) is 27.3. The second-order valence-corrected chi connectivity index (χ2v) is 12.4. The first-order chi connectivity index (χ1) is 18.0. The van der Waals surface area contributed by atoms with E-state index in [2.05, 4.69) is 60.2 Å². The lowest BCUT2D eigenvalue weighted by atomic mass is 9.87. The molecule has 2 fully saturated rings. The number of nitrogens with zero attached hydrogens (tertiary/aromatic N) is 3. The number of piperazine rings is 1. The Morgan fingerprint density at radius 2 is 1.50 bits per heavy atom. The number of likely N-dealkylation sites (tertiary alicyclic amines) is 1. The summed E-state index contributed by atoms with van der Waals surface area (Å²) in [5, 5.41) is 3.40. The van der Waals surface area contributed by atoms with E-state index in [4.69, 9.17) is 0 Å². The van der Waals surface area contributed by atoms with Crippen molar-refractivity contribution in [1.29, 1.82) is 0 Å². The van der Waals surface area contributed by atoms with Crippen LogP contribution in [0.3, 0.4) is 0 Å². The minimum absolute atomic E-state index is 0.104. The van der Waals surface area contributed by atoms with Gasteiger partial charge in [0.1, 0.15) is 0 Å². The van der Waals surface area contributed by atoms with Crippen molar-refractivity contribution in [3.8, 4) is 0 Å². The number of hydrogen-bond donors (Lipinski definition) is 1. The average molecular weight is 549 g/mol. The van der Waals surface area contributed by atoms with Gasteiger partial charge in [-0.05, 0) is 72.0 Å². The first kappa shape index (κ1) is 28.6. The number of hydrogen-bond acceptors (Lipinski definition) is 5. The Balaban J connectivity index is 1.14. The van der Waals surface area contributed by atoms with Crippen LogP contribution in [0.1, 0.15) is 45.6 Å². The number of carbonyl (C=O) groups is 1. The zero-order valence-electron chi connectivity index (χ0n) is 22.6. The fraction of sp³-hybridized carbons (Fsp3) is 0.552. The quantitative estimate of drug-likeness (QED) is 0.417. The van der Waals surface area contributed by atoms with E-state index in [-0.39, 0.29) is 34.0 Å². The zero-order valence-corrected chi connectivity index (χ0v) is 23.4. The van der Waals surface area contributed by atoms with Gasteiger partial charge in [0, 0.05) is 74.5 Å². The normalized spacial score (nSPS) is 18.1. The Kier molecular flexibility index (Phi) is 9.19. The molecule has 5 nitrogen and oxygen atoms in total. The molecule has 2 saturated heterocycles. The molecule has 0 aromatic heterocycles. The van der Waals surface area contributed by atoms with Crippen LogP contribution in [0.15, 0.2) is 53.4 Å². The number of carbonyl (C=O) groups excluding carboxylic acids is 1. The number of benzene rings is 2. The molecule has 2 heterocycles. The monoisotopic (exact) mass is 548 g/mol. The third-order valence-electron chi connectivity index (χ3n) is 7.42. The second kappa shape index (κ2) is 12.2. The molecule has 0 saturated carbocycles. The van der Waals surface area contributed by atoms with Gasteiger partial charge in [-0.2, -0.15) is 13.2 Å². The van der Waals surface area contributed by atoms with E-state index in [9.17, 15) is 18.0 Å². The Morgan fingerprint density at radius 1 is 0.895 bits per heavy atom. The number of anilines is 2. The molecular formula is C29H39F3N4OS. The number of rotatable bonds is 7. The fourth-order valence-electron chi connectivity index (χ4n) is 5.08. The Bertz CT molecular complexity index is 1040. The topological polar surface area (TPSA) is 38.8 Å². The summed E-state index contributed by atoms with van der Waals surface area (Å²) in [7, 11) is 0. The molecule has 2 aromatic rings. The molecule has 2 aliphatic heterocycles. The Labute approximate surface area is 228 Å². The molecule has 2 aromatic carbocycles. The van der Waals surface area contributed by atoms with Gasteiger partial charge in [0.25, 0.3) is 0 Å². The van der Waals surface area contributed by atoms with Crippen LogP contribution in [0.2, 0.25) is 0 Å². The highest BCUT2D eigenvalue weighted by Gasteiger charge is 2.29. The fourth-order valence-corrected chi connectivity index (χ4v) is 5.61. The Hall–Kier alpha value is -2.39. The van der Waals surface area contributed by atoms with Gasteiger partial charge in [-0.15, -0.1) is 0 Å². The average Bonchev–Trinajstić information content (AvgIpc) is 2.88. The van der Waals surface area contributed by atoms with Crippen LogP contribution in [0.5, 0.6) is 0 Å². The minimum atomic E-state index is -4.28. The summed E-state index contributed by atoms with van der Waals surface area (Å²) in [6.07, 6.45) is 2.20. The number of amides is 1. The lowest BCUT2D eigenvalue weighted by Crippen LogP contribution is -2.48. The third-order valence-corrected chi connectivity index (χ3v) is 8.16. The van der Waals surface area contributed by atoms with E-state index < -0.39 is 5.51 Å². The number of alkyl halides is 3. The van der Waals surface area contributed by atoms with Crippen molar-refractivity contribution in [1.82, 2.24) is 9.80 Å². The number of piperidine rings is 1. The largest absolute Gasteiger partial charge is 0.446 e. The number of nitrogens with one attached hydrogen (secondary N) is 1. The van der Waals surface area contributed by atoms with Crippen LogP contribution < -0.4 is 10.2 Å². The van der Waals surface area contributed by atoms with Gasteiger partial charge in [0.05, 0.1) is 0 Å². The molecule has 38 heavy (non-hydrogen) atoms. The summed E-state index contributed by atoms with van der Waals surface area (Å²) in [5.41, 5.74) is -0.701. The third kappa shape index (κ3) is 8.30. The molecule has 0 unspecified atom stereocenters. The maximum Gasteiger partial charge on any atom is 0.446 e. The SMILES string of the molecule is CC(C)(C)c1ccc(N2CCN(CCC(=O)N3CCC(Nc4ccc(SC(F)(F)F)cc4)CC3)CC2)cc1. The van der Waals surface area contributed by atoms with Gasteiger partial charge in [-0.3, -0.25) is 9.69 Å². The van der Waals surface area contributed by atoms with Crippen molar-refractivity contribution in [2.75, 3.05) is 56.0 Å². The molecule has 0 radical (unpaired) electrons. The van der Waals surface area contributed by atoms with Gasteiger partial charge in [-0.25, -0.2) is 0 Å². The van der Waals surface area contributed by atoms with Gasteiger partial charge < -0.3 is 15.1 Å². The van der Waals surface area contributed by atoms with E-state index >= 15 is 0 Å². The predicted octanol–water partition coefficient (Wildman–Crippen LogP) is 6.21. The first-order valence-corrected chi connectivity index (χ1v) is 14.3. The second-order valence-electron chi connectivity index (χ2n) is 11.2. The highest BCUT2D eigenvalue weighted by molar-refractivity contribution is 8.00. The number of halogens is 3. The van der Waals surface area contributed by atoms with Crippen LogP contribution in [-0.2, 0) is 10.2 Å². The minimum Gasteiger partial charge on any atom is -0.382 e.